The molecule has 0 radical (unpaired) electrons. The Morgan fingerprint density at radius 1 is 1.33 bits per heavy atom. The highest BCUT2D eigenvalue weighted by Gasteiger charge is 2.17. The number of nitrogens with zero attached hydrogens (tertiary/aromatic N) is 1. The molecule has 0 saturated carbocycles. The molecule has 1 saturated heterocycles. The summed E-state index contributed by atoms with van der Waals surface area (Å²) >= 11 is 0. The van der Waals surface area contributed by atoms with E-state index in [1.54, 1.807) is 0 Å². The summed E-state index contributed by atoms with van der Waals surface area (Å²) in [5.41, 5.74) is 2.32. The number of benzene rings is 1. The maximum absolute atomic E-state index is 4.53. The van der Waals surface area contributed by atoms with Crippen LogP contribution in [0.4, 0.5) is 5.69 Å². The smallest absolute Gasteiger partial charge is 0.0655 e. The van der Waals surface area contributed by atoms with E-state index >= 15 is 0 Å². The first-order valence-corrected chi connectivity index (χ1v) is 5.61. The standard InChI is InChI=1S/C13H18N2/c1-10-5-3-4-6-13(10)14-9-12-8-7-11(2)15-12/h3-6,9,11-12,15H,7-8H2,1-2H3. The Morgan fingerprint density at radius 2 is 2.13 bits per heavy atom. The molecule has 0 spiro atoms. The molecule has 1 aliphatic heterocycles. The van der Waals surface area contributed by atoms with Gasteiger partial charge in [0.15, 0.2) is 0 Å². The van der Waals surface area contributed by atoms with E-state index in [0.29, 0.717) is 12.1 Å². The molecule has 0 aromatic heterocycles. The lowest BCUT2D eigenvalue weighted by molar-refractivity contribution is 0.643. The second-order valence-electron chi connectivity index (χ2n) is 4.32. The third-order valence-electron chi connectivity index (χ3n) is 2.92. The van der Waals surface area contributed by atoms with Crippen LogP contribution in [0.25, 0.3) is 0 Å². The van der Waals surface area contributed by atoms with Gasteiger partial charge in [-0.15, -0.1) is 0 Å². The average molecular weight is 202 g/mol. The highest BCUT2D eigenvalue weighted by Crippen LogP contribution is 2.17. The topological polar surface area (TPSA) is 24.4 Å². The van der Waals surface area contributed by atoms with Gasteiger partial charge in [-0.2, -0.15) is 0 Å². The molecular formula is C13H18N2. The molecule has 0 amide bonds. The molecule has 2 atom stereocenters. The lowest BCUT2D eigenvalue weighted by Gasteiger charge is -2.05. The fourth-order valence-electron chi connectivity index (χ4n) is 1.96. The zero-order valence-electron chi connectivity index (χ0n) is 9.40. The van der Waals surface area contributed by atoms with Gasteiger partial charge in [0.2, 0.25) is 0 Å². The number of nitrogens with one attached hydrogen (secondary N) is 1. The van der Waals surface area contributed by atoms with Crippen molar-refractivity contribution in [3.05, 3.63) is 29.8 Å². The quantitative estimate of drug-likeness (QED) is 0.733. The Labute approximate surface area is 91.4 Å². The van der Waals surface area contributed by atoms with Crippen molar-refractivity contribution in [3.63, 3.8) is 0 Å². The van der Waals surface area contributed by atoms with Gasteiger partial charge in [0.05, 0.1) is 5.69 Å². The molecule has 0 bridgehead atoms. The maximum Gasteiger partial charge on any atom is 0.0655 e. The van der Waals surface area contributed by atoms with Crippen LogP contribution in [0.15, 0.2) is 29.3 Å². The van der Waals surface area contributed by atoms with Crippen LogP contribution in [-0.4, -0.2) is 18.3 Å². The summed E-state index contributed by atoms with van der Waals surface area (Å²) in [5, 5.41) is 3.49. The molecule has 1 aromatic carbocycles. The minimum atomic E-state index is 0.458. The first kappa shape index (κ1) is 10.4. The SMILES string of the molecule is Cc1ccccc1N=CC1CCC(C)N1. The van der Waals surface area contributed by atoms with Crippen LogP contribution in [0.1, 0.15) is 25.3 Å². The summed E-state index contributed by atoms with van der Waals surface area (Å²) in [5.74, 6) is 0. The molecule has 2 nitrogen and oxygen atoms in total. The largest absolute Gasteiger partial charge is 0.307 e. The van der Waals surface area contributed by atoms with Crippen LogP contribution in [0.5, 0.6) is 0 Å². The predicted molar refractivity (Wildman–Crippen MR) is 65.0 cm³/mol. The first-order chi connectivity index (χ1) is 7.25. The molecule has 2 rings (SSSR count). The Balaban J connectivity index is 2.02. The van der Waals surface area contributed by atoms with Crippen LogP contribution in [0.3, 0.4) is 0 Å². The summed E-state index contributed by atoms with van der Waals surface area (Å²) in [6.07, 6.45) is 4.51. The second-order valence-corrected chi connectivity index (χ2v) is 4.32. The van der Waals surface area contributed by atoms with Crippen LogP contribution < -0.4 is 5.32 Å². The summed E-state index contributed by atoms with van der Waals surface area (Å²) in [7, 11) is 0. The fourth-order valence-corrected chi connectivity index (χ4v) is 1.96. The summed E-state index contributed by atoms with van der Waals surface area (Å²) < 4.78 is 0. The lowest BCUT2D eigenvalue weighted by atomic mass is 10.2. The van der Waals surface area contributed by atoms with Crippen molar-refractivity contribution < 1.29 is 0 Å². The fraction of sp³-hybridized carbons (Fsp3) is 0.462. The summed E-state index contributed by atoms with van der Waals surface area (Å²) in [6, 6.07) is 9.33. The van der Waals surface area contributed by atoms with Gasteiger partial charge < -0.3 is 5.32 Å². The number of hydrogen-bond donors (Lipinski definition) is 1. The Morgan fingerprint density at radius 3 is 2.80 bits per heavy atom. The summed E-state index contributed by atoms with van der Waals surface area (Å²) in [4.78, 5) is 4.53. The Hall–Kier alpha value is -1.15. The molecule has 2 heteroatoms. The van der Waals surface area contributed by atoms with Crippen LogP contribution in [0, 0.1) is 6.92 Å². The maximum atomic E-state index is 4.53. The number of rotatable bonds is 2. The number of aryl methyl sites for hydroxylation is 1. The predicted octanol–water partition coefficient (Wildman–Crippen LogP) is 2.84. The van der Waals surface area contributed by atoms with E-state index in [1.165, 1.54) is 18.4 Å². The second kappa shape index (κ2) is 4.58. The van der Waals surface area contributed by atoms with Crippen molar-refractivity contribution >= 4 is 11.9 Å². The highest BCUT2D eigenvalue weighted by atomic mass is 15.0. The van der Waals surface area contributed by atoms with E-state index < -0.39 is 0 Å². The third kappa shape index (κ3) is 2.66. The van der Waals surface area contributed by atoms with Crippen molar-refractivity contribution in [2.45, 2.75) is 38.8 Å². The molecule has 1 aromatic rings. The van der Waals surface area contributed by atoms with Gasteiger partial charge in [0.1, 0.15) is 0 Å². The van der Waals surface area contributed by atoms with Gasteiger partial charge in [0, 0.05) is 18.3 Å². The monoisotopic (exact) mass is 202 g/mol. The molecule has 1 fully saturated rings. The van der Waals surface area contributed by atoms with Crippen molar-refractivity contribution in [1.29, 1.82) is 0 Å². The molecule has 1 N–H and O–H groups in total. The van der Waals surface area contributed by atoms with E-state index in [0.717, 1.165) is 5.69 Å². The van der Waals surface area contributed by atoms with Crippen molar-refractivity contribution in [2.75, 3.05) is 0 Å². The van der Waals surface area contributed by atoms with E-state index in [2.05, 4.69) is 36.3 Å². The van der Waals surface area contributed by atoms with Gasteiger partial charge in [-0.3, -0.25) is 4.99 Å². The highest BCUT2D eigenvalue weighted by molar-refractivity contribution is 5.70. The van der Waals surface area contributed by atoms with Gasteiger partial charge in [0.25, 0.3) is 0 Å². The number of aliphatic imine (C=N–C) groups is 1. The third-order valence-corrected chi connectivity index (χ3v) is 2.92. The Kier molecular flexibility index (Phi) is 3.17. The van der Waals surface area contributed by atoms with E-state index in [9.17, 15) is 0 Å². The molecule has 1 aliphatic rings. The molecule has 1 heterocycles. The van der Waals surface area contributed by atoms with Gasteiger partial charge in [-0.25, -0.2) is 0 Å². The van der Waals surface area contributed by atoms with Crippen molar-refractivity contribution in [2.24, 2.45) is 4.99 Å². The van der Waals surface area contributed by atoms with Gasteiger partial charge in [-0.05, 0) is 38.3 Å². The molecule has 80 valence electrons. The van der Waals surface area contributed by atoms with E-state index in [-0.39, 0.29) is 0 Å². The zero-order valence-corrected chi connectivity index (χ0v) is 9.40. The minimum absolute atomic E-state index is 0.458. The first-order valence-electron chi connectivity index (χ1n) is 5.61. The molecular weight excluding hydrogens is 184 g/mol. The molecule has 15 heavy (non-hydrogen) atoms. The Bertz CT molecular complexity index is 357. The van der Waals surface area contributed by atoms with Crippen molar-refractivity contribution in [3.8, 4) is 0 Å². The zero-order chi connectivity index (χ0) is 10.7. The lowest BCUT2D eigenvalue weighted by Crippen LogP contribution is -2.27. The van der Waals surface area contributed by atoms with Crippen molar-refractivity contribution in [1.82, 2.24) is 5.32 Å². The molecule has 2 unspecified atom stereocenters. The number of para-hydroxylation sites is 1. The number of hydrogen-bond acceptors (Lipinski definition) is 2. The van der Waals surface area contributed by atoms with E-state index in [4.69, 9.17) is 0 Å². The van der Waals surface area contributed by atoms with E-state index in [1.807, 2.05) is 18.3 Å². The average Bonchev–Trinajstić information content (AvgIpc) is 2.63. The van der Waals surface area contributed by atoms with Crippen LogP contribution >= 0.6 is 0 Å². The summed E-state index contributed by atoms with van der Waals surface area (Å²) in [6.45, 7) is 4.32. The normalized spacial score (nSPS) is 26.3. The van der Waals surface area contributed by atoms with Gasteiger partial charge >= 0.3 is 0 Å². The molecule has 0 aliphatic carbocycles. The van der Waals surface area contributed by atoms with Crippen LogP contribution in [0.2, 0.25) is 0 Å². The van der Waals surface area contributed by atoms with Gasteiger partial charge in [-0.1, -0.05) is 18.2 Å². The minimum Gasteiger partial charge on any atom is -0.307 e. The van der Waals surface area contributed by atoms with Crippen LogP contribution in [-0.2, 0) is 0 Å².